The zero-order valence-corrected chi connectivity index (χ0v) is 12.9. The first-order chi connectivity index (χ1) is 9.44. The van der Waals surface area contributed by atoms with Crippen LogP contribution in [0.5, 0.6) is 0 Å². The van der Waals surface area contributed by atoms with Gasteiger partial charge < -0.3 is 5.11 Å². The van der Waals surface area contributed by atoms with E-state index in [1.807, 2.05) is 0 Å². The lowest BCUT2D eigenvalue weighted by atomic mass is 10.00. The van der Waals surface area contributed by atoms with Crippen molar-refractivity contribution < 1.29 is 13.5 Å². The number of hydrogen-bond acceptors (Lipinski definition) is 3. The maximum atomic E-state index is 12.3. The highest BCUT2D eigenvalue weighted by atomic mass is 35.5. The van der Waals surface area contributed by atoms with Crippen LogP contribution in [0, 0.1) is 12.8 Å². The molecular weight excluding hydrogens is 300 g/mol. The van der Waals surface area contributed by atoms with E-state index >= 15 is 0 Å². The Balaban J connectivity index is 2.10. The summed E-state index contributed by atoms with van der Waals surface area (Å²) in [6.07, 6.45) is 1.37. The van der Waals surface area contributed by atoms with Gasteiger partial charge in [-0.1, -0.05) is 17.7 Å². The molecule has 0 atom stereocenters. The van der Waals surface area contributed by atoms with Crippen molar-refractivity contribution in [3.63, 3.8) is 0 Å². The minimum Gasteiger partial charge on any atom is -0.396 e. The average Bonchev–Trinajstić information content (AvgIpc) is 2.44. The van der Waals surface area contributed by atoms with Gasteiger partial charge in [0.15, 0.2) is 0 Å². The SMILES string of the molecule is Cc1c(Cl)cccc1NS(=O)(=O)N1CCC(CO)CC1. The number of halogens is 1. The van der Waals surface area contributed by atoms with Crippen molar-refractivity contribution in [3.05, 3.63) is 28.8 Å². The smallest absolute Gasteiger partial charge is 0.301 e. The van der Waals surface area contributed by atoms with Gasteiger partial charge in [-0.05, 0) is 43.4 Å². The molecule has 2 rings (SSSR count). The second kappa shape index (κ2) is 6.30. The van der Waals surface area contributed by atoms with E-state index in [0.717, 1.165) is 0 Å². The number of benzene rings is 1. The molecule has 1 saturated heterocycles. The van der Waals surface area contributed by atoms with Gasteiger partial charge in [-0.3, -0.25) is 4.72 Å². The van der Waals surface area contributed by atoms with Crippen LogP contribution in [0.15, 0.2) is 18.2 Å². The highest BCUT2D eigenvalue weighted by molar-refractivity contribution is 7.90. The van der Waals surface area contributed by atoms with Crippen molar-refractivity contribution in [1.29, 1.82) is 0 Å². The van der Waals surface area contributed by atoms with Crippen molar-refractivity contribution >= 4 is 27.5 Å². The summed E-state index contributed by atoms with van der Waals surface area (Å²) in [6.45, 7) is 2.76. The Bertz CT molecular complexity index is 569. The molecule has 0 spiro atoms. The van der Waals surface area contributed by atoms with E-state index in [4.69, 9.17) is 16.7 Å². The van der Waals surface area contributed by atoms with Gasteiger partial charge in [-0.2, -0.15) is 12.7 Å². The second-order valence-corrected chi connectivity index (χ2v) is 7.12. The quantitative estimate of drug-likeness (QED) is 0.892. The molecule has 1 fully saturated rings. The van der Waals surface area contributed by atoms with Gasteiger partial charge >= 0.3 is 10.2 Å². The molecule has 20 heavy (non-hydrogen) atoms. The number of anilines is 1. The normalized spacial score (nSPS) is 18.1. The molecule has 1 aliphatic rings. The van der Waals surface area contributed by atoms with Crippen LogP contribution < -0.4 is 4.72 Å². The van der Waals surface area contributed by atoms with Crippen molar-refractivity contribution in [2.45, 2.75) is 19.8 Å². The van der Waals surface area contributed by atoms with Crippen molar-refractivity contribution in [2.24, 2.45) is 5.92 Å². The van der Waals surface area contributed by atoms with Crippen LogP contribution in [0.4, 0.5) is 5.69 Å². The zero-order chi connectivity index (χ0) is 14.8. The van der Waals surface area contributed by atoms with E-state index in [9.17, 15) is 8.42 Å². The van der Waals surface area contributed by atoms with Crippen LogP contribution in [0.2, 0.25) is 5.02 Å². The Morgan fingerprint density at radius 1 is 1.40 bits per heavy atom. The van der Waals surface area contributed by atoms with Crippen LogP contribution in [0.25, 0.3) is 0 Å². The fourth-order valence-corrected chi connectivity index (χ4v) is 3.75. The summed E-state index contributed by atoms with van der Waals surface area (Å²) in [6, 6.07) is 5.13. The molecule has 0 aromatic heterocycles. The summed E-state index contributed by atoms with van der Waals surface area (Å²) in [7, 11) is -3.56. The maximum Gasteiger partial charge on any atom is 0.301 e. The zero-order valence-electron chi connectivity index (χ0n) is 11.3. The third-order valence-corrected chi connectivity index (χ3v) is 5.61. The van der Waals surface area contributed by atoms with E-state index < -0.39 is 10.2 Å². The topological polar surface area (TPSA) is 69.6 Å². The molecule has 0 amide bonds. The van der Waals surface area contributed by atoms with E-state index in [1.54, 1.807) is 25.1 Å². The van der Waals surface area contributed by atoms with Crippen molar-refractivity contribution in [1.82, 2.24) is 4.31 Å². The number of nitrogens with zero attached hydrogens (tertiary/aromatic N) is 1. The van der Waals surface area contributed by atoms with E-state index in [0.29, 0.717) is 42.2 Å². The third-order valence-electron chi connectivity index (χ3n) is 3.68. The Hall–Kier alpha value is -0.820. The lowest BCUT2D eigenvalue weighted by Crippen LogP contribution is -2.42. The summed E-state index contributed by atoms with van der Waals surface area (Å²) in [5, 5.41) is 9.62. The summed E-state index contributed by atoms with van der Waals surface area (Å²) >= 11 is 5.99. The van der Waals surface area contributed by atoms with Gasteiger partial charge in [0.2, 0.25) is 0 Å². The number of piperidine rings is 1. The maximum absolute atomic E-state index is 12.3. The number of aliphatic hydroxyl groups excluding tert-OH is 1. The van der Waals surface area contributed by atoms with Crippen LogP contribution in [0.3, 0.4) is 0 Å². The van der Waals surface area contributed by atoms with E-state index in [2.05, 4.69) is 4.72 Å². The molecule has 7 heteroatoms. The Labute approximate surface area is 124 Å². The first kappa shape index (κ1) is 15.6. The first-order valence-electron chi connectivity index (χ1n) is 6.58. The standard InChI is InChI=1S/C13H19ClN2O3S/c1-10-12(14)3-2-4-13(10)15-20(18,19)16-7-5-11(9-17)6-8-16/h2-4,11,15,17H,5-9H2,1H3. The minimum absolute atomic E-state index is 0.120. The largest absolute Gasteiger partial charge is 0.396 e. The molecule has 1 aromatic rings. The first-order valence-corrected chi connectivity index (χ1v) is 8.39. The van der Waals surface area contributed by atoms with Gasteiger partial charge in [0.1, 0.15) is 0 Å². The monoisotopic (exact) mass is 318 g/mol. The summed E-state index contributed by atoms with van der Waals surface area (Å²) < 4.78 is 28.6. The van der Waals surface area contributed by atoms with Crippen LogP contribution >= 0.6 is 11.6 Å². The second-order valence-electron chi connectivity index (χ2n) is 5.04. The minimum atomic E-state index is -3.56. The lowest BCUT2D eigenvalue weighted by Gasteiger charge is -2.30. The number of nitrogens with one attached hydrogen (secondary N) is 1. The molecule has 0 aliphatic carbocycles. The van der Waals surface area contributed by atoms with Gasteiger partial charge in [-0.25, -0.2) is 0 Å². The van der Waals surface area contributed by atoms with Crippen LogP contribution in [-0.2, 0) is 10.2 Å². The Morgan fingerprint density at radius 3 is 2.65 bits per heavy atom. The van der Waals surface area contributed by atoms with Crippen molar-refractivity contribution in [3.8, 4) is 0 Å². The average molecular weight is 319 g/mol. The van der Waals surface area contributed by atoms with Gasteiger partial charge in [0.05, 0.1) is 5.69 Å². The number of hydrogen-bond donors (Lipinski definition) is 2. The van der Waals surface area contributed by atoms with E-state index in [1.165, 1.54) is 4.31 Å². The molecule has 0 saturated carbocycles. The molecule has 5 nitrogen and oxygen atoms in total. The Morgan fingerprint density at radius 2 is 2.05 bits per heavy atom. The molecule has 1 heterocycles. The summed E-state index contributed by atoms with van der Waals surface area (Å²) in [4.78, 5) is 0. The molecule has 2 N–H and O–H groups in total. The van der Waals surface area contributed by atoms with Crippen LogP contribution in [-0.4, -0.2) is 37.5 Å². The fourth-order valence-electron chi connectivity index (χ4n) is 2.25. The third kappa shape index (κ3) is 3.44. The van der Waals surface area contributed by atoms with Crippen LogP contribution in [0.1, 0.15) is 18.4 Å². The molecule has 0 bridgehead atoms. The highest BCUT2D eigenvalue weighted by Gasteiger charge is 2.28. The summed E-state index contributed by atoms with van der Waals surface area (Å²) in [5.74, 6) is 0.203. The molecule has 0 unspecified atom stereocenters. The molecule has 1 aromatic carbocycles. The predicted octanol–water partition coefficient (Wildman–Crippen LogP) is 2.01. The van der Waals surface area contributed by atoms with Gasteiger partial charge in [-0.15, -0.1) is 0 Å². The van der Waals surface area contributed by atoms with Gasteiger partial charge in [0.25, 0.3) is 0 Å². The lowest BCUT2D eigenvalue weighted by molar-refractivity contribution is 0.170. The molecular formula is C13H19ClN2O3S. The highest BCUT2D eigenvalue weighted by Crippen LogP contribution is 2.26. The Kier molecular flexibility index (Phi) is 4.90. The van der Waals surface area contributed by atoms with Gasteiger partial charge in [0, 0.05) is 24.7 Å². The molecule has 0 radical (unpaired) electrons. The fraction of sp³-hybridized carbons (Fsp3) is 0.538. The summed E-state index contributed by atoms with van der Waals surface area (Å²) in [5.41, 5.74) is 1.21. The predicted molar refractivity (Wildman–Crippen MR) is 80.1 cm³/mol. The molecule has 112 valence electrons. The van der Waals surface area contributed by atoms with E-state index in [-0.39, 0.29) is 12.5 Å². The number of rotatable bonds is 4. The molecule has 1 aliphatic heterocycles. The van der Waals surface area contributed by atoms with Crippen molar-refractivity contribution in [2.75, 3.05) is 24.4 Å². The number of aliphatic hydroxyl groups is 1.